The summed E-state index contributed by atoms with van der Waals surface area (Å²) in [6.07, 6.45) is 0.276. The van der Waals surface area contributed by atoms with Crippen LogP contribution < -0.4 is 9.62 Å². The van der Waals surface area contributed by atoms with E-state index in [2.05, 4.69) is 19.2 Å². The molecule has 0 spiro atoms. The molecule has 4 aromatic carbocycles. The zero-order chi connectivity index (χ0) is 32.4. The van der Waals surface area contributed by atoms with Gasteiger partial charge in [-0.15, -0.1) is 0 Å². The van der Waals surface area contributed by atoms with Gasteiger partial charge in [-0.3, -0.25) is 13.9 Å². The van der Waals surface area contributed by atoms with Crippen LogP contribution in [0.3, 0.4) is 0 Å². The minimum Gasteiger partial charge on any atom is -0.354 e. The minimum atomic E-state index is -4.13. The van der Waals surface area contributed by atoms with Crippen molar-refractivity contribution in [3.8, 4) is 0 Å². The first-order valence-corrected chi connectivity index (χ1v) is 16.8. The maximum atomic E-state index is 14.5. The summed E-state index contributed by atoms with van der Waals surface area (Å²) in [7, 11) is -4.13. The normalized spacial score (nSPS) is 12.1. The van der Waals surface area contributed by atoms with Crippen molar-refractivity contribution in [2.24, 2.45) is 5.92 Å². The van der Waals surface area contributed by atoms with Gasteiger partial charge in [0.05, 0.1) is 10.6 Å². The molecular formula is C37H43N3O4S. The number of amides is 2. The fraction of sp³-hybridized carbons (Fsp3) is 0.297. The third-order valence-corrected chi connectivity index (χ3v) is 9.40. The molecule has 0 aliphatic heterocycles. The summed E-state index contributed by atoms with van der Waals surface area (Å²) in [5.74, 6) is -0.295. The van der Waals surface area contributed by atoms with E-state index in [9.17, 15) is 18.0 Å². The molecule has 45 heavy (non-hydrogen) atoms. The lowest BCUT2D eigenvalue weighted by atomic mass is 10.0. The van der Waals surface area contributed by atoms with Gasteiger partial charge >= 0.3 is 0 Å². The Labute approximate surface area is 268 Å². The quantitative estimate of drug-likeness (QED) is 0.175. The highest BCUT2D eigenvalue weighted by Gasteiger charge is 2.34. The molecule has 7 nitrogen and oxygen atoms in total. The van der Waals surface area contributed by atoms with E-state index in [1.54, 1.807) is 30.3 Å². The van der Waals surface area contributed by atoms with Gasteiger partial charge in [-0.2, -0.15) is 0 Å². The van der Waals surface area contributed by atoms with Gasteiger partial charge in [-0.1, -0.05) is 119 Å². The molecule has 0 aromatic heterocycles. The second-order valence-electron chi connectivity index (χ2n) is 11.9. The number of anilines is 1. The Hall–Kier alpha value is -4.43. The topological polar surface area (TPSA) is 86.8 Å². The van der Waals surface area contributed by atoms with Crippen LogP contribution in [-0.4, -0.2) is 44.3 Å². The molecule has 0 radical (unpaired) electrons. The number of hydrogen-bond acceptors (Lipinski definition) is 4. The Morgan fingerprint density at radius 2 is 1.24 bits per heavy atom. The first-order chi connectivity index (χ1) is 21.6. The molecule has 0 unspecified atom stereocenters. The predicted octanol–water partition coefficient (Wildman–Crippen LogP) is 6.42. The Morgan fingerprint density at radius 3 is 1.78 bits per heavy atom. The Bertz CT molecular complexity index is 1630. The summed E-state index contributed by atoms with van der Waals surface area (Å²) in [5, 5.41) is 3.02. The number of hydrogen-bond donors (Lipinski definition) is 1. The monoisotopic (exact) mass is 625 g/mol. The summed E-state index contributed by atoms with van der Waals surface area (Å²) >= 11 is 0. The van der Waals surface area contributed by atoms with Crippen LogP contribution in [0.5, 0.6) is 0 Å². The Balaban J connectivity index is 1.78. The van der Waals surface area contributed by atoms with Gasteiger partial charge < -0.3 is 10.2 Å². The van der Waals surface area contributed by atoms with E-state index in [0.717, 1.165) is 21.0 Å². The molecule has 0 heterocycles. The first kappa shape index (κ1) is 33.5. The fourth-order valence-electron chi connectivity index (χ4n) is 5.03. The molecule has 1 atom stereocenters. The molecule has 0 bridgehead atoms. The summed E-state index contributed by atoms with van der Waals surface area (Å²) in [6, 6.07) is 33.5. The van der Waals surface area contributed by atoms with Gasteiger partial charge in [0.1, 0.15) is 12.6 Å². The van der Waals surface area contributed by atoms with Crippen molar-refractivity contribution in [1.29, 1.82) is 0 Å². The summed E-state index contributed by atoms with van der Waals surface area (Å²) in [5.41, 5.74) is 3.16. The lowest BCUT2D eigenvalue weighted by molar-refractivity contribution is -0.140. The van der Waals surface area contributed by atoms with E-state index >= 15 is 0 Å². The summed E-state index contributed by atoms with van der Waals surface area (Å²) < 4.78 is 29.4. The zero-order valence-corrected chi connectivity index (χ0v) is 27.3. The van der Waals surface area contributed by atoms with Crippen LogP contribution in [-0.2, 0) is 32.6 Å². The van der Waals surface area contributed by atoms with Gasteiger partial charge in [-0.05, 0) is 52.8 Å². The van der Waals surface area contributed by atoms with Crippen molar-refractivity contribution >= 4 is 27.5 Å². The van der Waals surface area contributed by atoms with Gasteiger partial charge in [-0.25, -0.2) is 8.42 Å². The summed E-state index contributed by atoms with van der Waals surface area (Å²) in [4.78, 5) is 29.9. The Kier molecular flexibility index (Phi) is 11.5. The highest BCUT2D eigenvalue weighted by atomic mass is 32.2. The molecule has 1 N–H and O–H groups in total. The molecule has 0 aliphatic rings. The zero-order valence-electron chi connectivity index (χ0n) is 26.5. The van der Waals surface area contributed by atoms with E-state index in [4.69, 9.17) is 0 Å². The van der Waals surface area contributed by atoms with Crippen molar-refractivity contribution in [2.75, 3.05) is 17.4 Å². The molecule has 236 valence electrons. The average molecular weight is 626 g/mol. The van der Waals surface area contributed by atoms with E-state index in [1.165, 1.54) is 17.0 Å². The first-order valence-electron chi connectivity index (χ1n) is 15.4. The third kappa shape index (κ3) is 9.05. The molecule has 4 rings (SSSR count). The molecule has 0 fully saturated rings. The van der Waals surface area contributed by atoms with Crippen molar-refractivity contribution in [3.63, 3.8) is 0 Å². The van der Waals surface area contributed by atoms with Crippen LogP contribution in [0.4, 0.5) is 5.69 Å². The van der Waals surface area contributed by atoms with E-state index in [0.29, 0.717) is 12.2 Å². The van der Waals surface area contributed by atoms with Crippen LogP contribution in [0.2, 0.25) is 0 Å². The van der Waals surface area contributed by atoms with Crippen LogP contribution in [0.1, 0.15) is 50.3 Å². The van der Waals surface area contributed by atoms with Crippen LogP contribution in [0.15, 0.2) is 120 Å². The fourth-order valence-corrected chi connectivity index (χ4v) is 6.47. The molecule has 0 aliphatic carbocycles. The van der Waals surface area contributed by atoms with Gasteiger partial charge in [0.2, 0.25) is 11.8 Å². The number of carbonyl (C=O) groups excluding carboxylic acids is 2. The Morgan fingerprint density at radius 1 is 0.711 bits per heavy atom. The van der Waals surface area contributed by atoms with Gasteiger partial charge in [0.15, 0.2) is 0 Å². The van der Waals surface area contributed by atoms with Crippen molar-refractivity contribution in [1.82, 2.24) is 10.2 Å². The van der Waals surface area contributed by atoms with E-state index < -0.39 is 28.5 Å². The lowest BCUT2D eigenvalue weighted by Crippen LogP contribution is -2.53. The van der Waals surface area contributed by atoms with Crippen LogP contribution in [0, 0.1) is 5.92 Å². The SMILES string of the molecule is CC(C)CNC(=O)[C@@H](Cc1ccccc1)N(Cc1ccccc1)C(=O)CN(c1ccc(C(C)C)cc1)S(=O)(=O)c1ccccc1. The summed E-state index contributed by atoms with van der Waals surface area (Å²) in [6.45, 7) is 8.26. The standard InChI is InChI=1S/C37H43N3O4S/c1-28(2)25-38-37(42)35(24-30-14-8-5-9-15-30)39(26-31-16-10-6-11-17-31)36(41)27-40(33-22-20-32(21-23-33)29(3)4)45(43,44)34-18-12-7-13-19-34/h5-23,28-29,35H,24-27H2,1-4H3,(H,38,42)/t35-/m1/s1. The third-order valence-electron chi connectivity index (χ3n) is 7.61. The highest BCUT2D eigenvalue weighted by Crippen LogP contribution is 2.27. The highest BCUT2D eigenvalue weighted by molar-refractivity contribution is 7.92. The van der Waals surface area contributed by atoms with Gasteiger partial charge in [0.25, 0.3) is 10.0 Å². The van der Waals surface area contributed by atoms with Gasteiger partial charge in [0, 0.05) is 19.5 Å². The lowest BCUT2D eigenvalue weighted by Gasteiger charge is -2.34. The number of benzene rings is 4. The second-order valence-corrected chi connectivity index (χ2v) is 13.8. The number of rotatable bonds is 14. The largest absolute Gasteiger partial charge is 0.354 e. The van der Waals surface area contributed by atoms with Crippen molar-refractivity contribution < 1.29 is 18.0 Å². The smallest absolute Gasteiger partial charge is 0.264 e. The van der Waals surface area contributed by atoms with Crippen LogP contribution in [0.25, 0.3) is 0 Å². The molecule has 4 aromatic rings. The number of carbonyl (C=O) groups is 2. The maximum Gasteiger partial charge on any atom is 0.264 e. The predicted molar refractivity (Wildman–Crippen MR) is 180 cm³/mol. The maximum absolute atomic E-state index is 14.5. The number of sulfonamides is 1. The molecule has 8 heteroatoms. The van der Waals surface area contributed by atoms with Crippen LogP contribution >= 0.6 is 0 Å². The number of nitrogens with one attached hydrogen (secondary N) is 1. The van der Waals surface area contributed by atoms with E-state index in [1.807, 2.05) is 86.6 Å². The van der Waals surface area contributed by atoms with Crippen molar-refractivity contribution in [2.45, 2.75) is 57.5 Å². The van der Waals surface area contributed by atoms with E-state index in [-0.39, 0.29) is 35.6 Å². The molecule has 0 saturated heterocycles. The average Bonchev–Trinajstić information content (AvgIpc) is 3.05. The molecule has 2 amide bonds. The molecular weight excluding hydrogens is 582 g/mol. The number of nitrogens with zero attached hydrogens (tertiary/aromatic N) is 2. The minimum absolute atomic E-state index is 0.0795. The molecule has 0 saturated carbocycles. The van der Waals surface area contributed by atoms with Crippen molar-refractivity contribution in [3.05, 3.63) is 132 Å². The second kappa shape index (κ2) is 15.5.